The van der Waals surface area contributed by atoms with Gasteiger partial charge in [-0.1, -0.05) is 24.3 Å². The summed E-state index contributed by atoms with van der Waals surface area (Å²) in [6, 6.07) is 7.88. The summed E-state index contributed by atoms with van der Waals surface area (Å²) in [5, 5.41) is 2.57. The highest BCUT2D eigenvalue weighted by atomic mass is 35.5. The van der Waals surface area contributed by atoms with Gasteiger partial charge in [-0.25, -0.2) is 8.42 Å². The zero-order valence-electron chi connectivity index (χ0n) is 11.7. The molecule has 0 atom stereocenters. The van der Waals surface area contributed by atoms with Gasteiger partial charge in [0.25, 0.3) is 0 Å². The minimum Gasteiger partial charge on any atom is -0.355 e. The summed E-state index contributed by atoms with van der Waals surface area (Å²) in [6.07, 6.45) is 0.937. The van der Waals surface area contributed by atoms with Gasteiger partial charge in [-0.05, 0) is 17.5 Å². The van der Waals surface area contributed by atoms with E-state index in [-0.39, 0.29) is 30.5 Å². The molecule has 0 unspecified atom stereocenters. The maximum absolute atomic E-state index is 12.3. The molecule has 1 amide bonds. The molecular weight excluding hydrogens is 312 g/mol. The molecule has 1 aliphatic rings. The molecule has 0 fully saturated rings. The normalized spacial score (nSPS) is 15.5. The van der Waals surface area contributed by atoms with E-state index in [4.69, 9.17) is 11.6 Å². The van der Waals surface area contributed by atoms with Crippen molar-refractivity contribution in [3.8, 4) is 0 Å². The van der Waals surface area contributed by atoms with Crippen LogP contribution in [-0.4, -0.2) is 43.4 Å². The van der Waals surface area contributed by atoms with E-state index in [9.17, 15) is 13.2 Å². The van der Waals surface area contributed by atoms with Crippen molar-refractivity contribution in [2.75, 3.05) is 24.7 Å². The number of carbonyl (C=O) groups is 1. The molecule has 1 aromatic rings. The molecule has 1 aromatic carbocycles. The first-order valence-corrected chi connectivity index (χ1v) is 9.04. The third kappa shape index (κ3) is 4.43. The molecular formula is C14H19ClN2O3S. The monoisotopic (exact) mass is 330 g/mol. The van der Waals surface area contributed by atoms with Gasteiger partial charge in [0.05, 0.1) is 5.75 Å². The first-order valence-electron chi connectivity index (χ1n) is 6.90. The van der Waals surface area contributed by atoms with Gasteiger partial charge in [-0.3, -0.25) is 4.79 Å². The Balaban J connectivity index is 1.91. The van der Waals surface area contributed by atoms with Crippen LogP contribution in [0, 0.1) is 0 Å². The van der Waals surface area contributed by atoms with Crippen LogP contribution in [0.2, 0.25) is 0 Å². The third-order valence-corrected chi connectivity index (χ3v) is 5.50. The van der Waals surface area contributed by atoms with Crippen LogP contribution in [-0.2, 0) is 27.8 Å². The highest BCUT2D eigenvalue weighted by Gasteiger charge is 2.26. The summed E-state index contributed by atoms with van der Waals surface area (Å²) in [5.41, 5.74) is 2.26. The van der Waals surface area contributed by atoms with Crippen LogP contribution in [0.15, 0.2) is 24.3 Å². The number of nitrogens with one attached hydrogen (secondary N) is 1. The largest absolute Gasteiger partial charge is 0.355 e. The van der Waals surface area contributed by atoms with Crippen LogP contribution < -0.4 is 5.32 Å². The number of hydrogen-bond acceptors (Lipinski definition) is 3. The fourth-order valence-corrected chi connectivity index (χ4v) is 3.83. The lowest BCUT2D eigenvalue weighted by molar-refractivity contribution is -0.120. The quantitative estimate of drug-likeness (QED) is 0.795. The molecule has 1 aliphatic heterocycles. The number of alkyl halides is 1. The number of amides is 1. The fourth-order valence-electron chi connectivity index (χ4n) is 2.33. The van der Waals surface area contributed by atoms with Crippen LogP contribution in [0.25, 0.3) is 0 Å². The number of fused-ring (bicyclic) bond motifs is 1. The second kappa shape index (κ2) is 7.24. The Bertz CT molecular complexity index is 604. The Hall–Kier alpha value is -1.11. The standard InChI is InChI=1S/C14H19ClN2O3S/c15-7-5-14(18)16-8-10-21(19,20)17-9-6-12-3-1-2-4-13(12)11-17/h1-4H,5-11H2,(H,16,18). The van der Waals surface area contributed by atoms with Gasteiger partial charge < -0.3 is 5.32 Å². The van der Waals surface area contributed by atoms with E-state index in [0.717, 1.165) is 12.0 Å². The minimum absolute atomic E-state index is 0.0802. The Morgan fingerprint density at radius 1 is 1.29 bits per heavy atom. The lowest BCUT2D eigenvalue weighted by Crippen LogP contribution is -2.40. The van der Waals surface area contributed by atoms with Crippen LogP contribution >= 0.6 is 11.6 Å². The molecule has 0 spiro atoms. The Kier molecular flexibility index (Phi) is 5.61. The van der Waals surface area contributed by atoms with E-state index < -0.39 is 10.0 Å². The number of rotatable bonds is 6. The highest BCUT2D eigenvalue weighted by molar-refractivity contribution is 7.89. The van der Waals surface area contributed by atoms with Crippen molar-refractivity contribution >= 4 is 27.5 Å². The van der Waals surface area contributed by atoms with Gasteiger partial charge in [-0.2, -0.15) is 4.31 Å². The van der Waals surface area contributed by atoms with Crippen molar-refractivity contribution in [3.05, 3.63) is 35.4 Å². The smallest absolute Gasteiger partial charge is 0.221 e. The molecule has 0 saturated carbocycles. The van der Waals surface area contributed by atoms with Crippen molar-refractivity contribution in [3.63, 3.8) is 0 Å². The van der Waals surface area contributed by atoms with Crippen LogP contribution in [0.3, 0.4) is 0 Å². The number of hydrogen-bond donors (Lipinski definition) is 1. The fraction of sp³-hybridized carbons (Fsp3) is 0.500. The number of carbonyl (C=O) groups excluding carboxylic acids is 1. The Morgan fingerprint density at radius 3 is 2.71 bits per heavy atom. The molecule has 0 radical (unpaired) electrons. The number of halogens is 1. The van der Waals surface area contributed by atoms with E-state index in [2.05, 4.69) is 5.32 Å². The van der Waals surface area contributed by atoms with E-state index in [0.29, 0.717) is 13.1 Å². The van der Waals surface area contributed by atoms with Gasteiger partial charge in [-0.15, -0.1) is 11.6 Å². The molecule has 0 saturated heterocycles. The van der Waals surface area contributed by atoms with Crippen molar-refractivity contribution in [2.24, 2.45) is 0 Å². The van der Waals surface area contributed by atoms with Gasteiger partial charge >= 0.3 is 0 Å². The first-order chi connectivity index (χ1) is 10.0. The Labute approximate surface area is 130 Å². The third-order valence-electron chi connectivity index (χ3n) is 3.49. The van der Waals surface area contributed by atoms with Gasteiger partial charge in [0.1, 0.15) is 0 Å². The molecule has 0 aromatic heterocycles. The van der Waals surface area contributed by atoms with Crippen molar-refractivity contribution in [2.45, 2.75) is 19.4 Å². The molecule has 1 N–H and O–H groups in total. The van der Waals surface area contributed by atoms with Crippen LogP contribution in [0.5, 0.6) is 0 Å². The summed E-state index contributed by atoms with van der Waals surface area (Å²) in [4.78, 5) is 11.3. The molecule has 5 nitrogen and oxygen atoms in total. The first kappa shape index (κ1) is 16.3. The maximum atomic E-state index is 12.3. The maximum Gasteiger partial charge on any atom is 0.221 e. The number of nitrogens with zero attached hydrogens (tertiary/aromatic N) is 1. The number of benzene rings is 1. The topological polar surface area (TPSA) is 66.5 Å². The predicted octanol–water partition coefficient (Wildman–Crippen LogP) is 1.12. The average Bonchev–Trinajstić information content (AvgIpc) is 2.47. The van der Waals surface area contributed by atoms with Gasteiger partial charge in [0, 0.05) is 31.9 Å². The zero-order chi connectivity index (χ0) is 15.3. The molecule has 7 heteroatoms. The summed E-state index contributed by atoms with van der Waals surface area (Å²) in [6.45, 7) is 1.03. The van der Waals surface area contributed by atoms with Crippen molar-refractivity contribution in [1.29, 1.82) is 0 Å². The van der Waals surface area contributed by atoms with Crippen LogP contribution in [0.4, 0.5) is 0 Å². The highest BCUT2D eigenvalue weighted by Crippen LogP contribution is 2.20. The molecule has 0 aliphatic carbocycles. The van der Waals surface area contributed by atoms with Crippen LogP contribution in [0.1, 0.15) is 17.5 Å². The molecule has 116 valence electrons. The average molecular weight is 331 g/mol. The zero-order valence-corrected chi connectivity index (χ0v) is 13.3. The number of sulfonamides is 1. The molecule has 0 bridgehead atoms. The lowest BCUT2D eigenvalue weighted by atomic mass is 10.0. The molecule has 21 heavy (non-hydrogen) atoms. The second-order valence-corrected chi connectivity index (χ2v) is 7.42. The van der Waals surface area contributed by atoms with E-state index in [1.165, 1.54) is 9.87 Å². The van der Waals surface area contributed by atoms with E-state index >= 15 is 0 Å². The summed E-state index contributed by atoms with van der Waals surface area (Å²) < 4.78 is 26.1. The minimum atomic E-state index is -3.35. The van der Waals surface area contributed by atoms with E-state index in [1.54, 1.807) is 0 Å². The summed E-state index contributed by atoms with van der Waals surface area (Å²) >= 11 is 5.45. The second-order valence-electron chi connectivity index (χ2n) is 4.96. The molecule has 1 heterocycles. The summed E-state index contributed by atoms with van der Waals surface area (Å²) in [7, 11) is -3.35. The van der Waals surface area contributed by atoms with Gasteiger partial charge in [0.15, 0.2) is 0 Å². The molecule has 2 rings (SSSR count). The van der Waals surface area contributed by atoms with Crippen molar-refractivity contribution in [1.82, 2.24) is 9.62 Å². The predicted molar refractivity (Wildman–Crippen MR) is 82.7 cm³/mol. The Morgan fingerprint density at radius 2 is 2.00 bits per heavy atom. The van der Waals surface area contributed by atoms with Gasteiger partial charge in [0.2, 0.25) is 15.9 Å². The SMILES string of the molecule is O=C(CCCl)NCCS(=O)(=O)N1CCc2ccccc2C1. The van der Waals surface area contributed by atoms with Crippen molar-refractivity contribution < 1.29 is 13.2 Å². The lowest BCUT2D eigenvalue weighted by Gasteiger charge is -2.28. The summed E-state index contributed by atoms with van der Waals surface area (Å²) in [5.74, 6) is -0.0609. The van der Waals surface area contributed by atoms with E-state index in [1.807, 2.05) is 24.3 Å².